The van der Waals surface area contributed by atoms with Crippen LogP contribution in [0.25, 0.3) is 11.0 Å². The van der Waals surface area contributed by atoms with Crippen LogP contribution in [0.3, 0.4) is 0 Å². The van der Waals surface area contributed by atoms with E-state index in [1.807, 2.05) is 18.0 Å². The van der Waals surface area contributed by atoms with Crippen LogP contribution in [-0.2, 0) is 6.42 Å². The molecule has 2 saturated heterocycles. The summed E-state index contributed by atoms with van der Waals surface area (Å²) >= 11 is 5.54. The molecule has 0 bridgehead atoms. The molecule has 0 amide bonds. The number of anilines is 6. The lowest BCUT2D eigenvalue weighted by atomic mass is 9.98. The zero-order chi connectivity index (χ0) is 34.2. The maximum Gasteiger partial charge on any atom is 0.229 e. The summed E-state index contributed by atoms with van der Waals surface area (Å²) in [6, 6.07) is 9.26. The number of halogens is 1. The van der Waals surface area contributed by atoms with Crippen LogP contribution in [0.2, 0.25) is 0 Å². The van der Waals surface area contributed by atoms with Crippen molar-refractivity contribution < 1.29 is 4.74 Å². The molecule has 11 nitrogen and oxygen atoms in total. The highest BCUT2D eigenvalue weighted by Gasteiger charge is 2.30. The van der Waals surface area contributed by atoms with E-state index in [1.54, 1.807) is 25.7 Å². The van der Waals surface area contributed by atoms with E-state index < -0.39 is 0 Å². The molecular weight excluding hydrogens is 712 g/mol. The Morgan fingerprint density at radius 3 is 2.44 bits per heavy atom. The van der Waals surface area contributed by atoms with Gasteiger partial charge in [0.2, 0.25) is 5.95 Å². The molecule has 2 aliphatic carbocycles. The van der Waals surface area contributed by atoms with Gasteiger partial charge in [0.05, 0.1) is 34.2 Å². The van der Waals surface area contributed by atoms with Crippen LogP contribution in [0.5, 0.6) is 5.75 Å². The minimum Gasteiger partial charge on any atom is -0.494 e. The second kappa shape index (κ2) is 14.7. The zero-order valence-electron chi connectivity index (χ0n) is 29.2. The van der Waals surface area contributed by atoms with Crippen LogP contribution in [0.4, 0.5) is 34.5 Å². The van der Waals surface area contributed by atoms with Crippen LogP contribution in [0, 0.1) is 5.92 Å². The lowest BCUT2D eigenvalue weighted by Gasteiger charge is -2.43. The second-order valence-electron chi connectivity index (χ2n) is 14.2. The number of ether oxygens (including phenoxy) is 1. The summed E-state index contributed by atoms with van der Waals surface area (Å²) in [6.45, 7) is 6.87. The molecule has 0 unspecified atom stereocenters. The highest BCUT2D eigenvalue weighted by molar-refractivity contribution is 9.10. The zero-order valence-corrected chi connectivity index (χ0v) is 31.6. The third kappa shape index (κ3) is 7.61. The average Bonchev–Trinajstić information content (AvgIpc) is 4.08. The highest BCUT2D eigenvalue weighted by atomic mass is 79.9. The number of piperazine rings is 1. The largest absolute Gasteiger partial charge is 0.494 e. The SMILES string of the molecule is COc1cc(N2CCC(N3CCN(C)CC3)CC2)c(CC2CC2)cc1Nc1ncc(Br)c(Nc2ccc3nccnc3c2N(C)SC2CC2)n1. The number of piperidine rings is 1. The first-order valence-electron chi connectivity index (χ1n) is 18.0. The molecule has 8 rings (SSSR count). The third-order valence-electron chi connectivity index (χ3n) is 10.5. The number of methoxy groups -OCH3 is 1. The van der Waals surface area contributed by atoms with Gasteiger partial charge < -0.3 is 29.5 Å². The van der Waals surface area contributed by atoms with Gasteiger partial charge in [-0.2, -0.15) is 4.98 Å². The van der Waals surface area contributed by atoms with Crippen molar-refractivity contribution in [1.29, 1.82) is 0 Å². The van der Waals surface area contributed by atoms with E-state index in [0.717, 1.165) is 63.7 Å². The van der Waals surface area contributed by atoms with Gasteiger partial charge in [0.15, 0.2) is 0 Å². The maximum absolute atomic E-state index is 6.02. The molecule has 4 heterocycles. The van der Waals surface area contributed by atoms with Gasteiger partial charge in [0.1, 0.15) is 17.1 Å². The number of nitrogens with zero attached hydrogens (tertiary/aromatic N) is 8. The lowest BCUT2D eigenvalue weighted by Crippen LogP contribution is -2.52. The van der Waals surface area contributed by atoms with Gasteiger partial charge in [-0.15, -0.1) is 0 Å². The summed E-state index contributed by atoms with van der Waals surface area (Å²) in [5, 5.41) is 7.75. The molecule has 50 heavy (non-hydrogen) atoms. The molecule has 2 aromatic carbocycles. The van der Waals surface area contributed by atoms with Crippen LogP contribution in [-0.4, -0.2) is 102 Å². The fourth-order valence-corrected chi connectivity index (χ4v) is 8.66. The van der Waals surface area contributed by atoms with E-state index in [9.17, 15) is 0 Å². The minimum atomic E-state index is 0.495. The van der Waals surface area contributed by atoms with E-state index in [2.05, 4.69) is 87.8 Å². The first-order chi connectivity index (χ1) is 24.4. The van der Waals surface area contributed by atoms with Gasteiger partial charge >= 0.3 is 0 Å². The van der Waals surface area contributed by atoms with E-state index in [-0.39, 0.29) is 0 Å². The maximum atomic E-state index is 6.02. The van der Waals surface area contributed by atoms with Gasteiger partial charge in [-0.25, -0.2) is 4.98 Å². The highest BCUT2D eigenvalue weighted by Crippen LogP contribution is 2.44. The van der Waals surface area contributed by atoms with Crippen molar-refractivity contribution in [1.82, 2.24) is 29.7 Å². The van der Waals surface area contributed by atoms with E-state index >= 15 is 0 Å². The molecule has 264 valence electrons. The van der Waals surface area contributed by atoms with Crippen LogP contribution < -0.4 is 24.6 Å². The summed E-state index contributed by atoms with van der Waals surface area (Å²) in [4.78, 5) is 26.6. The molecule has 2 aromatic heterocycles. The van der Waals surface area contributed by atoms with E-state index in [1.165, 1.54) is 76.0 Å². The quantitative estimate of drug-likeness (QED) is 0.144. The monoisotopic (exact) mass is 758 g/mol. The Morgan fingerprint density at radius 1 is 0.920 bits per heavy atom. The van der Waals surface area contributed by atoms with Crippen LogP contribution >= 0.6 is 27.9 Å². The molecule has 2 saturated carbocycles. The standard InChI is InChI=1S/C37H47BrN10OS/c1-45-16-18-47(19-17-45)26-10-14-48(15-11-26)32-22-33(49-3)31(21-25(32)20-24-4-5-24)43-37-41-23-28(38)36(44-37)42-30-9-8-29-34(40-13-12-39-29)35(30)46(2)50-27-6-7-27/h8-9,12-13,21-24,26-27H,4-7,10-11,14-20H2,1-3H3,(H2,41,42,43,44). The van der Waals surface area contributed by atoms with Crippen molar-refractivity contribution in [2.45, 2.75) is 56.2 Å². The van der Waals surface area contributed by atoms with E-state index in [0.29, 0.717) is 23.1 Å². The normalized spacial score (nSPS) is 19.2. The Balaban J connectivity index is 1.04. The minimum absolute atomic E-state index is 0.495. The Labute approximate surface area is 307 Å². The summed E-state index contributed by atoms with van der Waals surface area (Å²) in [5.74, 6) is 2.72. The Hall–Kier alpha value is -3.39. The number of likely N-dealkylation sites (N-methyl/N-ethyl adjacent to an activating group) is 1. The number of hydrogen-bond acceptors (Lipinski definition) is 12. The van der Waals surface area contributed by atoms with Crippen molar-refractivity contribution in [3.05, 3.63) is 52.9 Å². The molecule has 4 aromatic rings. The smallest absolute Gasteiger partial charge is 0.229 e. The Morgan fingerprint density at radius 2 is 1.70 bits per heavy atom. The molecule has 0 spiro atoms. The molecule has 4 aliphatic rings. The topological polar surface area (TPSA) is 97.8 Å². The summed E-state index contributed by atoms with van der Waals surface area (Å²) < 4.78 is 9.00. The summed E-state index contributed by atoms with van der Waals surface area (Å²) in [6.07, 6.45) is 13.9. The van der Waals surface area contributed by atoms with Gasteiger partial charge in [0.25, 0.3) is 0 Å². The predicted molar refractivity (Wildman–Crippen MR) is 209 cm³/mol. The number of hydrogen-bond donors (Lipinski definition) is 2. The molecule has 0 radical (unpaired) electrons. The van der Waals surface area contributed by atoms with Crippen molar-refractivity contribution in [3.63, 3.8) is 0 Å². The third-order valence-corrected chi connectivity index (χ3v) is 12.3. The average molecular weight is 760 g/mol. The van der Waals surface area contributed by atoms with Gasteiger partial charge in [0, 0.05) is 88.0 Å². The summed E-state index contributed by atoms with van der Waals surface area (Å²) in [7, 11) is 6.09. The van der Waals surface area contributed by atoms with Crippen LogP contribution in [0.15, 0.2) is 47.3 Å². The molecule has 2 aliphatic heterocycles. The van der Waals surface area contributed by atoms with Crippen LogP contribution in [0.1, 0.15) is 44.1 Å². The fourth-order valence-electron chi connectivity index (χ4n) is 7.28. The lowest BCUT2D eigenvalue weighted by molar-refractivity contribution is 0.0982. The molecule has 2 N–H and O–H groups in total. The van der Waals surface area contributed by atoms with Crippen molar-refractivity contribution in [2.24, 2.45) is 5.92 Å². The van der Waals surface area contributed by atoms with Crippen molar-refractivity contribution in [2.75, 3.05) is 80.3 Å². The number of fused-ring (bicyclic) bond motifs is 1. The Kier molecular flexibility index (Phi) is 9.91. The molecule has 13 heteroatoms. The van der Waals surface area contributed by atoms with Crippen molar-refractivity contribution >= 4 is 73.4 Å². The van der Waals surface area contributed by atoms with Gasteiger partial charge in [-0.3, -0.25) is 14.9 Å². The number of benzene rings is 2. The van der Waals surface area contributed by atoms with Gasteiger partial charge in [-0.05, 0) is 110 Å². The predicted octanol–water partition coefficient (Wildman–Crippen LogP) is 7.09. The molecular formula is C37H47BrN10OS. The van der Waals surface area contributed by atoms with E-state index in [4.69, 9.17) is 14.7 Å². The number of nitrogens with one attached hydrogen (secondary N) is 2. The fraction of sp³-hybridized carbons (Fsp3) is 0.514. The van der Waals surface area contributed by atoms with Gasteiger partial charge in [-0.1, -0.05) is 0 Å². The Bertz CT molecular complexity index is 1820. The molecule has 0 atom stereocenters. The molecule has 4 fully saturated rings. The first kappa shape index (κ1) is 33.7. The summed E-state index contributed by atoms with van der Waals surface area (Å²) in [5.41, 5.74) is 7.18. The number of rotatable bonds is 12. The number of aromatic nitrogens is 4. The van der Waals surface area contributed by atoms with Crippen molar-refractivity contribution in [3.8, 4) is 5.75 Å². The first-order valence-corrected chi connectivity index (χ1v) is 19.6. The second-order valence-corrected chi connectivity index (χ2v) is 16.5.